The lowest BCUT2D eigenvalue weighted by molar-refractivity contribution is 0.0387. The van der Waals surface area contributed by atoms with Crippen LogP contribution in [0.3, 0.4) is 0 Å². The van der Waals surface area contributed by atoms with E-state index in [-0.39, 0.29) is 12.5 Å². The van der Waals surface area contributed by atoms with Crippen LogP contribution in [0.2, 0.25) is 0 Å². The van der Waals surface area contributed by atoms with E-state index in [1.807, 2.05) is 0 Å². The molecule has 0 unspecified atom stereocenters. The third-order valence-corrected chi connectivity index (χ3v) is 6.01. The quantitative estimate of drug-likeness (QED) is 0.538. The summed E-state index contributed by atoms with van der Waals surface area (Å²) in [4.78, 5) is 28.0. The van der Waals surface area contributed by atoms with Crippen LogP contribution in [0.25, 0.3) is 0 Å². The number of aromatic nitrogens is 3. The first kappa shape index (κ1) is 20.5. The van der Waals surface area contributed by atoms with E-state index in [1.165, 1.54) is 37.7 Å². The van der Waals surface area contributed by atoms with Gasteiger partial charge in [0.05, 0.1) is 12.2 Å². The molecule has 1 amide bonds. The highest BCUT2D eigenvalue weighted by Gasteiger charge is 2.25. The maximum atomic E-state index is 12.7. The number of carbonyl (C=O) groups excluding carboxylic acids is 2. The highest BCUT2D eigenvalue weighted by atomic mass is 32.1. The molecule has 8 nitrogen and oxygen atoms in total. The fourth-order valence-corrected chi connectivity index (χ4v) is 4.44. The van der Waals surface area contributed by atoms with Gasteiger partial charge in [-0.3, -0.25) is 10.1 Å². The van der Waals surface area contributed by atoms with Crippen LogP contribution in [0.4, 0.5) is 5.13 Å². The number of carbonyl (C=O) groups is 2. The number of nitrogens with one attached hydrogen (secondary N) is 2. The van der Waals surface area contributed by atoms with E-state index in [4.69, 9.17) is 9.47 Å². The molecule has 1 aliphatic rings. The van der Waals surface area contributed by atoms with Crippen molar-refractivity contribution in [2.24, 2.45) is 0 Å². The summed E-state index contributed by atoms with van der Waals surface area (Å²) in [6.07, 6.45) is 5.98. The van der Waals surface area contributed by atoms with Crippen molar-refractivity contribution in [2.75, 3.05) is 25.6 Å². The molecule has 0 aliphatic heterocycles. The molecule has 2 aromatic rings. The van der Waals surface area contributed by atoms with Crippen LogP contribution in [-0.2, 0) is 9.47 Å². The van der Waals surface area contributed by atoms with Crippen molar-refractivity contribution < 1.29 is 19.1 Å². The molecule has 0 radical (unpaired) electrons. The number of aryl methyl sites for hydroxylation is 1. The summed E-state index contributed by atoms with van der Waals surface area (Å²) in [6, 6.07) is 0. The Kier molecular flexibility index (Phi) is 6.79. The molecule has 1 fully saturated rings. The van der Waals surface area contributed by atoms with E-state index in [0.29, 0.717) is 40.2 Å². The number of ether oxygens (including phenoxy) is 2. The van der Waals surface area contributed by atoms with Crippen molar-refractivity contribution in [3.8, 4) is 0 Å². The molecular formula is C19H26N4O4S. The van der Waals surface area contributed by atoms with Crippen LogP contribution >= 0.6 is 11.3 Å². The van der Waals surface area contributed by atoms with Gasteiger partial charge in [-0.15, -0.1) is 10.2 Å². The molecular weight excluding hydrogens is 380 g/mol. The summed E-state index contributed by atoms with van der Waals surface area (Å²) in [6.45, 7) is 3.94. The monoisotopic (exact) mass is 406 g/mol. The predicted molar refractivity (Wildman–Crippen MR) is 106 cm³/mol. The molecule has 0 bridgehead atoms. The van der Waals surface area contributed by atoms with Gasteiger partial charge in [0.15, 0.2) is 0 Å². The zero-order chi connectivity index (χ0) is 20.1. The minimum atomic E-state index is -0.474. The second kappa shape index (κ2) is 9.29. The first-order valence-electron chi connectivity index (χ1n) is 9.51. The minimum absolute atomic E-state index is 0.162. The van der Waals surface area contributed by atoms with E-state index in [2.05, 4.69) is 20.5 Å². The summed E-state index contributed by atoms with van der Waals surface area (Å²) in [5.41, 5.74) is 1.84. The Balaban J connectivity index is 1.68. The molecule has 2 aromatic heterocycles. The Morgan fingerprint density at radius 1 is 1.18 bits per heavy atom. The summed E-state index contributed by atoms with van der Waals surface area (Å²) in [5, 5.41) is 12.6. The van der Waals surface area contributed by atoms with Crippen LogP contribution in [0.15, 0.2) is 0 Å². The number of esters is 1. The second-order valence-electron chi connectivity index (χ2n) is 6.99. The van der Waals surface area contributed by atoms with Crippen LogP contribution < -0.4 is 5.32 Å². The van der Waals surface area contributed by atoms with Gasteiger partial charge in [0.2, 0.25) is 5.13 Å². The molecule has 9 heteroatoms. The van der Waals surface area contributed by atoms with Gasteiger partial charge in [-0.25, -0.2) is 4.79 Å². The average molecular weight is 407 g/mol. The number of methoxy groups -OCH3 is 1. The number of H-pyrrole nitrogens is 1. The van der Waals surface area contributed by atoms with Crippen molar-refractivity contribution in [1.29, 1.82) is 0 Å². The first-order valence-corrected chi connectivity index (χ1v) is 10.3. The fourth-order valence-electron chi connectivity index (χ4n) is 3.53. The van der Waals surface area contributed by atoms with Crippen molar-refractivity contribution in [3.05, 3.63) is 27.5 Å². The summed E-state index contributed by atoms with van der Waals surface area (Å²) < 4.78 is 10.1. The highest BCUT2D eigenvalue weighted by Crippen LogP contribution is 2.35. The van der Waals surface area contributed by atoms with Gasteiger partial charge < -0.3 is 14.5 Å². The number of rotatable bonds is 7. The first-order chi connectivity index (χ1) is 13.5. The smallest absolute Gasteiger partial charge is 0.340 e. The van der Waals surface area contributed by atoms with Crippen molar-refractivity contribution >= 4 is 28.3 Å². The average Bonchev–Trinajstić information content (AvgIpc) is 3.27. The van der Waals surface area contributed by atoms with Gasteiger partial charge in [-0.2, -0.15) is 0 Å². The van der Waals surface area contributed by atoms with Crippen molar-refractivity contribution in [2.45, 2.75) is 51.9 Å². The third kappa shape index (κ3) is 4.59. The Bertz CT molecular complexity index is 839. The highest BCUT2D eigenvalue weighted by molar-refractivity contribution is 7.15. The number of hydrogen-bond acceptors (Lipinski definition) is 7. The van der Waals surface area contributed by atoms with E-state index < -0.39 is 5.97 Å². The molecule has 0 spiro atoms. The summed E-state index contributed by atoms with van der Waals surface area (Å²) in [5.74, 6) is -0.374. The number of hydrogen-bond donors (Lipinski definition) is 2. The lowest BCUT2D eigenvalue weighted by Gasteiger charge is -2.18. The Labute approximate surface area is 168 Å². The number of aromatic amines is 1. The Morgan fingerprint density at radius 2 is 1.93 bits per heavy atom. The Morgan fingerprint density at radius 3 is 2.64 bits per heavy atom. The molecule has 0 aromatic carbocycles. The van der Waals surface area contributed by atoms with Gasteiger partial charge in [0.25, 0.3) is 5.91 Å². The van der Waals surface area contributed by atoms with Crippen LogP contribution in [-0.4, -0.2) is 47.4 Å². The Hall–Kier alpha value is -2.26. The zero-order valence-corrected chi connectivity index (χ0v) is 17.3. The largest absolute Gasteiger partial charge is 0.460 e. The molecule has 152 valence electrons. The topological polar surface area (TPSA) is 106 Å². The molecule has 28 heavy (non-hydrogen) atoms. The SMILES string of the molecule is COCCOC(=O)c1c(C)[nH]c(C(=O)Nc2nnc(C3CCCCC3)s2)c1C. The normalized spacial score (nSPS) is 14.8. The van der Waals surface area contributed by atoms with E-state index in [0.717, 1.165) is 17.8 Å². The van der Waals surface area contributed by atoms with Gasteiger partial charge in [0.1, 0.15) is 17.3 Å². The van der Waals surface area contributed by atoms with Gasteiger partial charge in [-0.05, 0) is 32.3 Å². The maximum absolute atomic E-state index is 12.7. The van der Waals surface area contributed by atoms with Gasteiger partial charge in [0, 0.05) is 18.7 Å². The summed E-state index contributed by atoms with van der Waals surface area (Å²) in [7, 11) is 1.54. The number of anilines is 1. The van der Waals surface area contributed by atoms with E-state index in [9.17, 15) is 9.59 Å². The lowest BCUT2D eigenvalue weighted by atomic mass is 9.90. The van der Waals surface area contributed by atoms with Gasteiger partial charge in [-0.1, -0.05) is 30.6 Å². The van der Waals surface area contributed by atoms with E-state index >= 15 is 0 Å². The van der Waals surface area contributed by atoms with E-state index in [1.54, 1.807) is 13.8 Å². The summed E-state index contributed by atoms with van der Waals surface area (Å²) >= 11 is 1.43. The van der Waals surface area contributed by atoms with Crippen molar-refractivity contribution in [1.82, 2.24) is 15.2 Å². The molecule has 1 saturated carbocycles. The zero-order valence-electron chi connectivity index (χ0n) is 16.5. The van der Waals surface area contributed by atoms with Crippen LogP contribution in [0.1, 0.15) is 75.1 Å². The molecule has 0 saturated heterocycles. The fraction of sp³-hybridized carbons (Fsp3) is 0.579. The number of amides is 1. The van der Waals surface area contributed by atoms with Gasteiger partial charge >= 0.3 is 5.97 Å². The van der Waals surface area contributed by atoms with Crippen LogP contribution in [0.5, 0.6) is 0 Å². The molecule has 2 heterocycles. The van der Waals surface area contributed by atoms with Crippen molar-refractivity contribution in [3.63, 3.8) is 0 Å². The molecule has 1 aliphatic carbocycles. The number of nitrogens with zero attached hydrogens (tertiary/aromatic N) is 2. The minimum Gasteiger partial charge on any atom is -0.460 e. The molecule has 2 N–H and O–H groups in total. The molecule has 0 atom stereocenters. The maximum Gasteiger partial charge on any atom is 0.340 e. The third-order valence-electron chi connectivity index (χ3n) is 5.00. The lowest BCUT2D eigenvalue weighted by Crippen LogP contribution is -2.14. The molecule has 3 rings (SSSR count). The second-order valence-corrected chi connectivity index (χ2v) is 8.00. The van der Waals surface area contributed by atoms with Crippen LogP contribution in [0, 0.1) is 13.8 Å². The standard InChI is InChI=1S/C19H26N4O4S/c1-11-14(18(25)27-10-9-26-3)12(2)20-15(11)16(24)21-19-23-22-17(28-19)13-7-5-4-6-8-13/h13,20H,4-10H2,1-3H3,(H,21,23,24). The predicted octanol–water partition coefficient (Wildman–Crippen LogP) is 3.59.